The Morgan fingerprint density at radius 2 is 1.91 bits per heavy atom. The van der Waals surface area contributed by atoms with Crippen molar-refractivity contribution in [2.24, 2.45) is 5.92 Å². The maximum Gasteiger partial charge on any atom is 0.0589 e. The molecule has 1 unspecified atom stereocenters. The molecule has 2 nitrogen and oxygen atoms in total. The molecule has 0 radical (unpaired) electrons. The van der Waals surface area contributed by atoms with Gasteiger partial charge in [-0.3, -0.25) is 0 Å². The van der Waals surface area contributed by atoms with Gasteiger partial charge in [0.1, 0.15) is 0 Å². The lowest BCUT2D eigenvalue weighted by Crippen LogP contribution is -2.39. The van der Waals surface area contributed by atoms with Crippen molar-refractivity contribution in [2.75, 3.05) is 20.2 Å². The maximum absolute atomic E-state index is 9.05. The summed E-state index contributed by atoms with van der Waals surface area (Å²) in [5.41, 5.74) is 0. The molecule has 68 valence electrons. The molecule has 0 amide bonds. The van der Waals surface area contributed by atoms with Crippen LogP contribution in [-0.4, -0.2) is 36.2 Å². The van der Waals surface area contributed by atoms with Crippen molar-refractivity contribution >= 4 is 0 Å². The maximum atomic E-state index is 9.05. The molecule has 1 N–H and O–H groups in total. The average Bonchev–Trinajstić information content (AvgIpc) is 1.88. The molecule has 0 saturated carbocycles. The highest BCUT2D eigenvalue weighted by atomic mass is 16.3. The van der Waals surface area contributed by atoms with E-state index < -0.39 is 0 Å². The monoisotopic (exact) mass is 159 g/mol. The van der Waals surface area contributed by atoms with Crippen LogP contribution in [0.2, 0.25) is 0 Å². The van der Waals surface area contributed by atoms with Crippen molar-refractivity contribution in [3.63, 3.8) is 0 Å². The number of hydrogen-bond donors (Lipinski definition) is 1. The lowest BCUT2D eigenvalue weighted by atomic mass is 10.0. The zero-order chi connectivity index (χ0) is 8.85. The molecule has 0 rings (SSSR count). The number of rotatable bonds is 5. The molecule has 0 heterocycles. The highest BCUT2D eigenvalue weighted by molar-refractivity contribution is 4.70. The van der Waals surface area contributed by atoms with Gasteiger partial charge in [0.05, 0.1) is 6.61 Å². The molecule has 11 heavy (non-hydrogen) atoms. The number of aliphatic hydroxyl groups excluding tert-OH is 1. The Morgan fingerprint density at radius 3 is 2.18 bits per heavy atom. The topological polar surface area (TPSA) is 23.5 Å². The fourth-order valence-electron chi connectivity index (χ4n) is 1.38. The van der Waals surface area contributed by atoms with Crippen molar-refractivity contribution in [3.8, 4) is 0 Å². The molecule has 1 atom stereocenters. The van der Waals surface area contributed by atoms with Gasteiger partial charge < -0.3 is 10.0 Å². The lowest BCUT2D eigenvalue weighted by Gasteiger charge is -2.29. The lowest BCUT2D eigenvalue weighted by molar-refractivity contribution is 0.113. The molecule has 0 aliphatic heterocycles. The minimum absolute atomic E-state index is 0.272. The zero-order valence-corrected chi connectivity index (χ0v) is 8.17. The van der Waals surface area contributed by atoms with Crippen LogP contribution in [0.5, 0.6) is 0 Å². The molecule has 0 aliphatic carbocycles. The first kappa shape index (κ1) is 10.9. The normalized spacial score (nSPS) is 14.5. The molecule has 0 aromatic carbocycles. The number of aliphatic hydroxyl groups is 1. The Morgan fingerprint density at radius 1 is 1.36 bits per heavy atom. The third kappa shape index (κ3) is 3.73. The molecule has 0 spiro atoms. The summed E-state index contributed by atoms with van der Waals surface area (Å²) >= 11 is 0. The first-order chi connectivity index (χ1) is 5.13. The van der Waals surface area contributed by atoms with E-state index in [1.54, 1.807) is 0 Å². The third-order valence-electron chi connectivity index (χ3n) is 2.10. The van der Waals surface area contributed by atoms with Gasteiger partial charge in [0.25, 0.3) is 0 Å². The van der Waals surface area contributed by atoms with Crippen LogP contribution in [0.3, 0.4) is 0 Å². The SMILES string of the molecule is CCCN(C)C(CO)C(C)C. The highest BCUT2D eigenvalue weighted by Gasteiger charge is 2.15. The zero-order valence-electron chi connectivity index (χ0n) is 8.17. The molecule has 0 aromatic heterocycles. The second-order valence-electron chi connectivity index (χ2n) is 3.47. The smallest absolute Gasteiger partial charge is 0.0589 e. The molecular weight excluding hydrogens is 138 g/mol. The first-order valence-electron chi connectivity index (χ1n) is 4.44. The molecule has 0 aliphatic rings. The van der Waals surface area contributed by atoms with Crippen molar-refractivity contribution in [1.29, 1.82) is 0 Å². The van der Waals surface area contributed by atoms with Crippen LogP contribution in [0, 0.1) is 5.92 Å². The summed E-state index contributed by atoms with van der Waals surface area (Å²) in [6.07, 6.45) is 1.15. The van der Waals surface area contributed by atoms with Crippen LogP contribution < -0.4 is 0 Å². The molecular formula is C9H21NO. The third-order valence-corrected chi connectivity index (χ3v) is 2.10. The van der Waals surface area contributed by atoms with E-state index in [0.29, 0.717) is 12.0 Å². The van der Waals surface area contributed by atoms with Gasteiger partial charge >= 0.3 is 0 Å². The molecule has 0 bridgehead atoms. The predicted octanol–water partition coefficient (Wildman–Crippen LogP) is 1.35. The standard InChI is InChI=1S/C9H21NO/c1-5-6-10(4)9(7-11)8(2)3/h8-9,11H,5-7H2,1-4H3. The van der Waals surface area contributed by atoms with Gasteiger partial charge in [-0.1, -0.05) is 20.8 Å². The van der Waals surface area contributed by atoms with Crippen LogP contribution in [0.4, 0.5) is 0 Å². The predicted molar refractivity (Wildman–Crippen MR) is 48.6 cm³/mol. The largest absolute Gasteiger partial charge is 0.395 e. The van der Waals surface area contributed by atoms with E-state index in [1.165, 1.54) is 0 Å². The Labute approximate surface area is 70.2 Å². The van der Waals surface area contributed by atoms with Crippen molar-refractivity contribution in [2.45, 2.75) is 33.2 Å². The van der Waals surface area contributed by atoms with Gasteiger partial charge in [-0.15, -0.1) is 0 Å². The summed E-state index contributed by atoms with van der Waals surface area (Å²) in [7, 11) is 2.07. The molecule has 0 fully saturated rings. The van der Waals surface area contributed by atoms with Crippen molar-refractivity contribution < 1.29 is 5.11 Å². The Kier molecular flexibility index (Phi) is 5.51. The molecule has 0 saturated heterocycles. The van der Waals surface area contributed by atoms with E-state index in [9.17, 15) is 0 Å². The second-order valence-corrected chi connectivity index (χ2v) is 3.47. The van der Waals surface area contributed by atoms with Gasteiger partial charge in [-0.05, 0) is 25.9 Å². The summed E-state index contributed by atoms with van der Waals surface area (Å²) in [4.78, 5) is 2.23. The van der Waals surface area contributed by atoms with Crippen molar-refractivity contribution in [3.05, 3.63) is 0 Å². The van der Waals surface area contributed by atoms with Gasteiger partial charge in [-0.2, -0.15) is 0 Å². The fraction of sp³-hybridized carbons (Fsp3) is 1.00. The summed E-state index contributed by atoms with van der Waals surface area (Å²) in [6.45, 7) is 7.79. The summed E-state index contributed by atoms with van der Waals surface area (Å²) in [5.74, 6) is 0.538. The molecule has 0 aromatic rings. The quantitative estimate of drug-likeness (QED) is 0.654. The van der Waals surface area contributed by atoms with Gasteiger partial charge in [0, 0.05) is 6.04 Å². The van der Waals surface area contributed by atoms with Crippen molar-refractivity contribution in [1.82, 2.24) is 4.90 Å². The fourth-order valence-corrected chi connectivity index (χ4v) is 1.38. The summed E-state index contributed by atoms with van der Waals surface area (Å²) < 4.78 is 0. The molecule has 2 heteroatoms. The van der Waals surface area contributed by atoms with Crippen LogP contribution >= 0.6 is 0 Å². The summed E-state index contributed by atoms with van der Waals surface area (Å²) in [6, 6.07) is 0.329. The Bertz CT molecular complexity index is 93.6. The van der Waals surface area contributed by atoms with E-state index in [2.05, 4.69) is 32.7 Å². The number of nitrogens with zero attached hydrogens (tertiary/aromatic N) is 1. The average molecular weight is 159 g/mol. The van der Waals surface area contributed by atoms with Crippen LogP contribution in [-0.2, 0) is 0 Å². The van der Waals surface area contributed by atoms with E-state index in [0.717, 1.165) is 13.0 Å². The Hall–Kier alpha value is -0.0800. The van der Waals surface area contributed by atoms with Gasteiger partial charge in [-0.25, -0.2) is 0 Å². The van der Waals surface area contributed by atoms with E-state index in [4.69, 9.17) is 5.11 Å². The first-order valence-corrected chi connectivity index (χ1v) is 4.44. The minimum atomic E-state index is 0.272. The highest BCUT2D eigenvalue weighted by Crippen LogP contribution is 2.08. The van der Waals surface area contributed by atoms with E-state index in [-0.39, 0.29) is 6.61 Å². The van der Waals surface area contributed by atoms with Crippen LogP contribution in [0.25, 0.3) is 0 Å². The van der Waals surface area contributed by atoms with E-state index in [1.807, 2.05) is 0 Å². The second kappa shape index (κ2) is 5.56. The number of hydrogen-bond acceptors (Lipinski definition) is 2. The van der Waals surface area contributed by atoms with E-state index >= 15 is 0 Å². The summed E-state index contributed by atoms with van der Waals surface area (Å²) in [5, 5.41) is 9.05. The van der Waals surface area contributed by atoms with Crippen LogP contribution in [0.1, 0.15) is 27.2 Å². The Balaban J connectivity index is 3.81. The van der Waals surface area contributed by atoms with Crippen LogP contribution in [0.15, 0.2) is 0 Å². The number of likely N-dealkylation sites (N-methyl/N-ethyl adjacent to an activating group) is 1. The van der Waals surface area contributed by atoms with Gasteiger partial charge in [0.2, 0.25) is 0 Å². The van der Waals surface area contributed by atoms with Gasteiger partial charge in [0.15, 0.2) is 0 Å². The minimum Gasteiger partial charge on any atom is -0.395 e.